The highest BCUT2D eigenvalue weighted by Gasteiger charge is 2.21. The van der Waals surface area contributed by atoms with Crippen LogP contribution in [0.4, 0.5) is 5.69 Å². The van der Waals surface area contributed by atoms with Crippen molar-refractivity contribution in [2.24, 2.45) is 0 Å². The van der Waals surface area contributed by atoms with E-state index in [1.807, 2.05) is 0 Å². The Kier molecular flexibility index (Phi) is 5.59. The van der Waals surface area contributed by atoms with Gasteiger partial charge < -0.3 is 9.47 Å². The number of esters is 2. The molecule has 29 heavy (non-hydrogen) atoms. The van der Waals surface area contributed by atoms with E-state index in [1.54, 1.807) is 24.5 Å². The minimum Gasteiger partial charge on any atom is -0.465 e. The fraction of sp³-hybridized carbons (Fsp3) is 0.111. The third-order valence-corrected chi connectivity index (χ3v) is 5.16. The van der Waals surface area contributed by atoms with Crippen molar-refractivity contribution in [1.82, 2.24) is 14.8 Å². The minimum atomic E-state index is -4.14. The fourth-order valence-corrected chi connectivity index (χ4v) is 3.54. The molecule has 0 aliphatic carbocycles. The van der Waals surface area contributed by atoms with Gasteiger partial charge in [0, 0.05) is 12.4 Å². The molecule has 1 aromatic carbocycles. The van der Waals surface area contributed by atoms with E-state index in [0.717, 1.165) is 26.4 Å². The predicted molar refractivity (Wildman–Crippen MR) is 101 cm³/mol. The number of hydrogen-bond acceptors (Lipinski definition) is 8. The molecule has 0 bridgehead atoms. The Labute approximate surface area is 166 Å². The van der Waals surface area contributed by atoms with Crippen molar-refractivity contribution in [2.45, 2.75) is 4.90 Å². The van der Waals surface area contributed by atoms with Crippen LogP contribution in [-0.4, -0.2) is 49.3 Å². The smallest absolute Gasteiger partial charge is 0.337 e. The van der Waals surface area contributed by atoms with Crippen LogP contribution in [0.15, 0.2) is 59.9 Å². The lowest BCUT2D eigenvalue weighted by Crippen LogP contribution is -2.16. The summed E-state index contributed by atoms with van der Waals surface area (Å²) in [5.41, 5.74) is -0.0325. The molecule has 3 aromatic rings. The Morgan fingerprint density at radius 1 is 1.03 bits per heavy atom. The highest BCUT2D eigenvalue weighted by atomic mass is 32.2. The lowest BCUT2D eigenvalue weighted by molar-refractivity contribution is 0.0598. The molecule has 0 saturated heterocycles. The van der Waals surface area contributed by atoms with E-state index in [4.69, 9.17) is 0 Å². The van der Waals surface area contributed by atoms with Gasteiger partial charge in [-0.1, -0.05) is 0 Å². The summed E-state index contributed by atoms with van der Waals surface area (Å²) in [6.45, 7) is 0. The van der Waals surface area contributed by atoms with Crippen LogP contribution in [0.25, 0.3) is 5.82 Å². The molecule has 0 aliphatic heterocycles. The quantitative estimate of drug-likeness (QED) is 0.600. The van der Waals surface area contributed by atoms with Gasteiger partial charge in [0.1, 0.15) is 0 Å². The van der Waals surface area contributed by atoms with Crippen molar-refractivity contribution in [1.29, 1.82) is 0 Å². The molecule has 10 nitrogen and oxygen atoms in total. The summed E-state index contributed by atoms with van der Waals surface area (Å²) in [5, 5.41) is 4.03. The zero-order valence-electron chi connectivity index (χ0n) is 15.4. The van der Waals surface area contributed by atoms with Crippen LogP contribution < -0.4 is 4.72 Å². The number of carbonyl (C=O) groups excluding carboxylic acids is 2. The van der Waals surface area contributed by atoms with Crippen molar-refractivity contribution >= 4 is 27.6 Å². The van der Waals surface area contributed by atoms with E-state index >= 15 is 0 Å². The van der Waals surface area contributed by atoms with Crippen LogP contribution >= 0.6 is 0 Å². The number of hydrogen-bond donors (Lipinski definition) is 1. The number of anilines is 1. The van der Waals surface area contributed by atoms with E-state index < -0.39 is 22.0 Å². The summed E-state index contributed by atoms with van der Waals surface area (Å²) in [6, 6.07) is 8.21. The number of ether oxygens (including phenoxy) is 2. The van der Waals surface area contributed by atoms with Crippen LogP contribution in [-0.2, 0) is 19.5 Å². The Morgan fingerprint density at radius 3 is 2.17 bits per heavy atom. The van der Waals surface area contributed by atoms with Gasteiger partial charge in [0.15, 0.2) is 5.82 Å². The van der Waals surface area contributed by atoms with Gasteiger partial charge in [0.05, 0.1) is 42.1 Å². The number of sulfonamides is 1. The highest BCUT2D eigenvalue weighted by molar-refractivity contribution is 7.92. The second kappa shape index (κ2) is 8.10. The molecule has 1 N–H and O–H groups in total. The SMILES string of the molecule is COC(=O)c1cc(C(=O)OC)cc(S(=O)(=O)Nc2ccc(-n3cccn3)nc2)c1. The molecule has 0 aliphatic rings. The Hall–Kier alpha value is -3.73. The molecular weight excluding hydrogens is 400 g/mol. The predicted octanol–water partition coefficient (Wildman–Crippen LogP) is 1.64. The van der Waals surface area contributed by atoms with E-state index in [2.05, 4.69) is 24.3 Å². The normalized spacial score (nSPS) is 11.0. The first-order chi connectivity index (χ1) is 13.8. The van der Waals surface area contributed by atoms with E-state index in [0.29, 0.717) is 5.82 Å². The average Bonchev–Trinajstić information content (AvgIpc) is 3.27. The van der Waals surface area contributed by atoms with Crippen LogP contribution in [0.2, 0.25) is 0 Å². The summed E-state index contributed by atoms with van der Waals surface area (Å²) in [6.07, 6.45) is 4.60. The topological polar surface area (TPSA) is 129 Å². The number of nitrogens with one attached hydrogen (secondary N) is 1. The minimum absolute atomic E-state index is 0.108. The molecule has 3 rings (SSSR count). The second-order valence-electron chi connectivity index (χ2n) is 5.69. The first-order valence-corrected chi connectivity index (χ1v) is 9.63. The highest BCUT2D eigenvalue weighted by Crippen LogP contribution is 2.20. The Morgan fingerprint density at radius 2 is 1.69 bits per heavy atom. The molecule has 0 spiro atoms. The van der Waals surface area contributed by atoms with Crippen molar-refractivity contribution in [3.63, 3.8) is 0 Å². The molecule has 0 atom stereocenters. The third kappa shape index (κ3) is 4.41. The Bertz CT molecular complexity index is 1110. The molecule has 2 heterocycles. The van der Waals surface area contributed by atoms with Crippen LogP contribution in [0.1, 0.15) is 20.7 Å². The number of pyridine rings is 1. The zero-order chi connectivity index (χ0) is 21.0. The zero-order valence-corrected chi connectivity index (χ0v) is 16.2. The Balaban J connectivity index is 1.94. The number of carbonyl (C=O) groups is 2. The lowest BCUT2D eigenvalue weighted by atomic mass is 10.1. The van der Waals surface area contributed by atoms with Crippen molar-refractivity contribution in [2.75, 3.05) is 18.9 Å². The van der Waals surface area contributed by atoms with Gasteiger partial charge in [-0.15, -0.1) is 0 Å². The van der Waals surface area contributed by atoms with Gasteiger partial charge in [-0.05, 0) is 36.4 Å². The molecular formula is C18H16N4O6S. The number of nitrogens with zero attached hydrogens (tertiary/aromatic N) is 3. The maximum absolute atomic E-state index is 12.8. The van der Waals surface area contributed by atoms with Crippen LogP contribution in [0.3, 0.4) is 0 Å². The maximum Gasteiger partial charge on any atom is 0.337 e. The van der Waals surface area contributed by atoms with E-state index in [9.17, 15) is 18.0 Å². The molecule has 2 aromatic heterocycles. The molecule has 150 valence electrons. The molecule has 0 amide bonds. The van der Waals surface area contributed by atoms with Crippen molar-refractivity contribution < 1.29 is 27.5 Å². The van der Waals surface area contributed by atoms with E-state index in [1.165, 1.54) is 23.0 Å². The number of benzene rings is 1. The molecule has 0 fully saturated rings. The fourth-order valence-electron chi connectivity index (χ4n) is 2.43. The summed E-state index contributed by atoms with van der Waals surface area (Å²) in [5.74, 6) is -1.09. The van der Waals surface area contributed by atoms with Crippen molar-refractivity contribution in [3.8, 4) is 5.82 Å². The molecule has 0 unspecified atom stereocenters. The number of rotatable bonds is 6. The maximum atomic E-state index is 12.8. The largest absolute Gasteiger partial charge is 0.465 e. The first-order valence-electron chi connectivity index (χ1n) is 8.14. The van der Waals surface area contributed by atoms with Gasteiger partial charge in [0.25, 0.3) is 10.0 Å². The second-order valence-corrected chi connectivity index (χ2v) is 7.37. The standard InChI is InChI=1S/C18H16N4O6S/c1-27-17(23)12-8-13(18(24)28-2)10-15(9-12)29(25,26)21-14-4-5-16(19-11-14)22-7-3-6-20-22/h3-11,21H,1-2H3. The average molecular weight is 416 g/mol. The van der Waals surface area contributed by atoms with Crippen LogP contribution in [0, 0.1) is 0 Å². The third-order valence-electron chi connectivity index (χ3n) is 3.80. The molecule has 0 radical (unpaired) electrons. The molecule has 11 heteroatoms. The first kappa shape index (κ1) is 20.0. The number of aromatic nitrogens is 3. The van der Waals surface area contributed by atoms with E-state index in [-0.39, 0.29) is 21.7 Å². The van der Waals surface area contributed by atoms with Crippen molar-refractivity contribution in [3.05, 3.63) is 66.1 Å². The number of methoxy groups -OCH3 is 2. The monoisotopic (exact) mass is 416 g/mol. The summed E-state index contributed by atoms with van der Waals surface area (Å²) in [7, 11) is -1.85. The van der Waals surface area contributed by atoms with Gasteiger partial charge in [-0.25, -0.2) is 27.7 Å². The van der Waals surface area contributed by atoms with Crippen LogP contribution in [0.5, 0.6) is 0 Å². The van der Waals surface area contributed by atoms with Gasteiger partial charge in [-0.2, -0.15) is 5.10 Å². The van der Waals surface area contributed by atoms with Gasteiger partial charge >= 0.3 is 11.9 Å². The lowest BCUT2D eigenvalue weighted by Gasteiger charge is -2.11. The molecule has 0 saturated carbocycles. The summed E-state index contributed by atoms with van der Waals surface area (Å²) in [4.78, 5) is 27.5. The van der Waals surface area contributed by atoms with Gasteiger partial charge in [0.2, 0.25) is 0 Å². The summed E-state index contributed by atoms with van der Waals surface area (Å²) >= 11 is 0. The summed E-state index contributed by atoms with van der Waals surface area (Å²) < 4.78 is 38.7. The van der Waals surface area contributed by atoms with Gasteiger partial charge in [-0.3, -0.25) is 4.72 Å².